The van der Waals surface area contributed by atoms with Crippen molar-refractivity contribution in [2.45, 2.75) is 75.9 Å². The fraction of sp³-hybridized carbons (Fsp3) is 0.333. The van der Waals surface area contributed by atoms with E-state index in [1.54, 1.807) is 61.5 Å². The standard InChI is InChI=1S/C39H43Cl2N3O5S/c1-3-49-37-17-11-10-16-35(37)44(50(47,48)33-22-18-28(2)19-23-33)27-38(45)43(26-30-20-21-31(40)25-34(30)41)36(24-29-12-6-4-7-13-29)39(46)42-32-14-8-5-9-15-32/h4,6-7,10-13,16-23,25,32,36H,3,5,8-9,14-15,24,26-27H2,1-2H3,(H,42,46)/t36-/m1/s1. The van der Waals surface area contributed by atoms with Gasteiger partial charge in [-0.2, -0.15) is 0 Å². The van der Waals surface area contributed by atoms with Gasteiger partial charge in [-0.15, -0.1) is 0 Å². The number of hydrogen-bond donors (Lipinski definition) is 1. The number of amides is 2. The van der Waals surface area contributed by atoms with E-state index in [2.05, 4.69) is 5.32 Å². The zero-order chi connectivity index (χ0) is 35.7. The van der Waals surface area contributed by atoms with Crippen LogP contribution in [0.3, 0.4) is 0 Å². The van der Waals surface area contributed by atoms with Gasteiger partial charge in [0.2, 0.25) is 11.8 Å². The number of hydrogen-bond acceptors (Lipinski definition) is 5. The molecule has 0 heterocycles. The summed E-state index contributed by atoms with van der Waals surface area (Å²) in [6.45, 7) is 3.29. The van der Waals surface area contributed by atoms with Crippen LogP contribution in [0.15, 0.2) is 102 Å². The molecule has 0 aromatic heterocycles. The van der Waals surface area contributed by atoms with Crippen molar-refractivity contribution in [3.8, 4) is 5.75 Å². The lowest BCUT2D eigenvalue weighted by Crippen LogP contribution is -2.55. The van der Waals surface area contributed by atoms with Crippen LogP contribution in [0.25, 0.3) is 0 Å². The quantitative estimate of drug-likeness (QED) is 0.142. The summed E-state index contributed by atoms with van der Waals surface area (Å²) in [6, 6.07) is 26.6. The molecule has 1 N–H and O–H groups in total. The predicted molar refractivity (Wildman–Crippen MR) is 199 cm³/mol. The Balaban J connectivity index is 1.61. The number of sulfonamides is 1. The molecule has 4 aromatic rings. The Morgan fingerprint density at radius 1 is 0.900 bits per heavy atom. The Hall–Kier alpha value is -4.05. The van der Waals surface area contributed by atoms with E-state index in [0.29, 0.717) is 21.4 Å². The number of ether oxygens (including phenoxy) is 1. The highest BCUT2D eigenvalue weighted by Crippen LogP contribution is 2.33. The minimum Gasteiger partial charge on any atom is -0.492 e. The monoisotopic (exact) mass is 735 g/mol. The number of nitrogens with one attached hydrogen (secondary N) is 1. The third kappa shape index (κ3) is 9.38. The summed E-state index contributed by atoms with van der Waals surface area (Å²) in [5.74, 6) is -0.582. The van der Waals surface area contributed by atoms with Gasteiger partial charge in [0, 0.05) is 29.1 Å². The highest BCUT2D eigenvalue weighted by molar-refractivity contribution is 7.92. The van der Waals surface area contributed by atoms with Crippen molar-refractivity contribution in [1.29, 1.82) is 0 Å². The van der Waals surface area contributed by atoms with E-state index in [4.69, 9.17) is 27.9 Å². The van der Waals surface area contributed by atoms with Crippen LogP contribution >= 0.6 is 23.2 Å². The van der Waals surface area contributed by atoms with Crippen molar-refractivity contribution in [3.63, 3.8) is 0 Å². The van der Waals surface area contributed by atoms with Crippen molar-refractivity contribution in [1.82, 2.24) is 10.2 Å². The molecule has 11 heteroatoms. The molecule has 2 amide bonds. The fourth-order valence-corrected chi connectivity index (χ4v) is 8.12. The van der Waals surface area contributed by atoms with Gasteiger partial charge in [0.05, 0.1) is 17.2 Å². The Morgan fingerprint density at radius 3 is 2.26 bits per heavy atom. The largest absolute Gasteiger partial charge is 0.492 e. The van der Waals surface area contributed by atoms with E-state index in [9.17, 15) is 18.0 Å². The summed E-state index contributed by atoms with van der Waals surface area (Å²) in [5, 5.41) is 3.97. The first-order chi connectivity index (χ1) is 24.1. The molecular weight excluding hydrogens is 693 g/mol. The van der Waals surface area contributed by atoms with Crippen LogP contribution in [0.4, 0.5) is 5.69 Å². The molecule has 1 aliphatic rings. The Bertz CT molecular complexity index is 1870. The molecule has 0 radical (unpaired) electrons. The lowest BCUT2D eigenvalue weighted by atomic mass is 9.94. The summed E-state index contributed by atoms with van der Waals surface area (Å²) in [6.07, 6.45) is 5.07. The van der Waals surface area contributed by atoms with Crippen LogP contribution in [-0.4, -0.2) is 50.4 Å². The third-order valence-electron chi connectivity index (χ3n) is 8.90. The molecule has 1 saturated carbocycles. The van der Waals surface area contributed by atoms with Crippen LogP contribution in [-0.2, 0) is 32.6 Å². The van der Waals surface area contributed by atoms with Crippen molar-refractivity contribution < 1.29 is 22.7 Å². The fourth-order valence-electron chi connectivity index (χ4n) is 6.22. The molecule has 4 aromatic carbocycles. The number of anilines is 1. The van der Waals surface area contributed by atoms with Gasteiger partial charge in [-0.3, -0.25) is 13.9 Å². The smallest absolute Gasteiger partial charge is 0.264 e. The van der Waals surface area contributed by atoms with E-state index in [1.165, 1.54) is 17.0 Å². The third-order valence-corrected chi connectivity index (χ3v) is 11.3. The van der Waals surface area contributed by atoms with Crippen LogP contribution < -0.4 is 14.4 Å². The Kier molecular flexibility index (Phi) is 12.8. The van der Waals surface area contributed by atoms with Gasteiger partial charge in [-0.1, -0.05) is 109 Å². The number of nitrogens with zero attached hydrogens (tertiary/aromatic N) is 2. The molecule has 0 bridgehead atoms. The van der Waals surface area contributed by atoms with Gasteiger partial charge in [0.15, 0.2) is 0 Å². The molecule has 1 aliphatic carbocycles. The minimum absolute atomic E-state index is 0.0120. The van der Waals surface area contributed by atoms with Crippen LogP contribution in [0.5, 0.6) is 5.75 Å². The summed E-state index contributed by atoms with van der Waals surface area (Å²) in [7, 11) is -4.29. The van der Waals surface area contributed by atoms with Crippen molar-refractivity contribution >= 4 is 50.7 Å². The molecule has 5 rings (SSSR count). The summed E-state index contributed by atoms with van der Waals surface area (Å²) >= 11 is 12.9. The number of carbonyl (C=O) groups is 2. The average molecular weight is 737 g/mol. The van der Waals surface area contributed by atoms with Crippen LogP contribution in [0, 0.1) is 6.92 Å². The number of carbonyl (C=O) groups excluding carboxylic acids is 2. The highest BCUT2D eigenvalue weighted by atomic mass is 35.5. The topological polar surface area (TPSA) is 96.0 Å². The molecule has 50 heavy (non-hydrogen) atoms. The molecule has 1 atom stereocenters. The minimum atomic E-state index is -4.29. The maximum atomic E-state index is 14.9. The zero-order valence-electron chi connectivity index (χ0n) is 28.4. The molecule has 264 valence electrons. The first-order valence-corrected chi connectivity index (χ1v) is 19.2. The zero-order valence-corrected chi connectivity index (χ0v) is 30.7. The second-order valence-electron chi connectivity index (χ2n) is 12.5. The van der Waals surface area contributed by atoms with Crippen molar-refractivity contribution in [3.05, 3.63) is 124 Å². The number of rotatable bonds is 14. The number of halogens is 2. The van der Waals surface area contributed by atoms with Crippen LogP contribution in [0.2, 0.25) is 10.0 Å². The highest BCUT2D eigenvalue weighted by Gasteiger charge is 2.36. The average Bonchev–Trinajstić information content (AvgIpc) is 3.11. The summed E-state index contributed by atoms with van der Waals surface area (Å²) in [4.78, 5) is 30.7. The van der Waals surface area contributed by atoms with Gasteiger partial charge < -0.3 is 15.0 Å². The van der Waals surface area contributed by atoms with Gasteiger partial charge >= 0.3 is 0 Å². The van der Waals surface area contributed by atoms with E-state index in [0.717, 1.165) is 47.5 Å². The molecule has 0 spiro atoms. The van der Waals surface area contributed by atoms with Crippen LogP contribution in [0.1, 0.15) is 55.7 Å². The second-order valence-corrected chi connectivity index (χ2v) is 15.2. The molecule has 8 nitrogen and oxygen atoms in total. The number of benzene rings is 4. The number of para-hydroxylation sites is 2. The predicted octanol–water partition coefficient (Wildman–Crippen LogP) is 7.98. The maximum absolute atomic E-state index is 14.9. The summed E-state index contributed by atoms with van der Waals surface area (Å²) < 4.78 is 35.8. The van der Waals surface area contributed by atoms with Gasteiger partial charge in [0.1, 0.15) is 18.3 Å². The lowest BCUT2D eigenvalue weighted by molar-refractivity contribution is -0.140. The molecule has 1 fully saturated rings. The Morgan fingerprint density at radius 2 is 1.58 bits per heavy atom. The van der Waals surface area contributed by atoms with E-state index in [-0.39, 0.29) is 42.1 Å². The first kappa shape index (κ1) is 37.2. The number of aryl methyl sites for hydroxylation is 1. The lowest BCUT2D eigenvalue weighted by Gasteiger charge is -2.35. The van der Waals surface area contributed by atoms with E-state index < -0.39 is 28.5 Å². The normalized spacial score (nSPS) is 14.1. The van der Waals surface area contributed by atoms with Crippen molar-refractivity contribution in [2.24, 2.45) is 0 Å². The van der Waals surface area contributed by atoms with Gasteiger partial charge in [0.25, 0.3) is 10.0 Å². The first-order valence-electron chi connectivity index (χ1n) is 17.0. The van der Waals surface area contributed by atoms with E-state index >= 15 is 0 Å². The molecule has 0 unspecified atom stereocenters. The van der Waals surface area contributed by atoms with Gasteiger partial charge in [-0.25, -0.2) is 8.42 Å². The van der Waals surface area contributed by atoms with E-state index in [1.807, 2.05) is 37.3 Å². The second kappa shape index (κ2) is 17.2. The molecule has 0 aliphatic heterocycles. The van der Waals surface area contributed by atoms with Gasteiger partial charge in [-0.05, 0) is 74.2 Å². The molecular formula is C39H43Cl2N3O5S. The molecule has 0 saturated heterocycles. The Labute approximate surface area is 305 Å². The van der Waals surface area contributed by atoms with Crippen molar-refractivity contribution in [2.75, 3.05) is 17.5 Å². The SMILES string of the molecule is CCOc1ccccc1N(CC(=O)N(Cc1ccc(Cl)cc1Cl)[C@H](Cc1ccccc1)C(=O)NC1CCCCC1)S(=O)(=O)c1ccc(C)cc1. The maximum Gasteiger partial charge on any atom is 0.264 e. The summed E-state index contributed by atoms with van der Waals surface area (Å²) in [5.41, 5.74) is 2.51.